The molecule has 1 unspecified atom stereocenters. The molecule has 0 aliphatic heterocycles. The predicted molar refractivity (Wildman–Crippen MR) is 72.4 cm³/mol. The molecule has 0 aromatic heterocycles. The van der Waals surface area contributed by atoms with E-state index in [1.807, 2.05) is 0 Å². The number of nitrogens with two attached hydrogens (primary N) is 1. The molecule has 21 heavy (non-hydrogen) atoms. The summed E-state index contributed by atoms with van der Waals surface area (Å²) in [6.07, 6.45) is -4.50. The van der Waals surface area contributed by atoms with Gasteiger partial charge in [0.05, 0.1) is 27.0 Å². The Hall–Kier alpha value is -1.89. The fourth-order valence-electron chi connectivity index (χ4n) is 1.79. The average molecular weight is 317 g/mol. The van der Waals surface area contributed by atoms with E-state index in [1.54, 1.807) is 6.07 Å². The van der Waals surface area contributed by atoms with Gasteiger partial charge in [0, 0.05) is 5.69 Å². The van der Waals surface area contributed by atoms with Crippen molar-refractivity contribution in [2.75, 3.05) is 5.73 Å². The maximum absolute atomic E-state index is 13.0. The molecule has 0 radical (unpaired) electrons. The average Bonchev–Trinajstić information content (AvgIpc) is 2.37. The van der Waals surface area contributed by atoms with Crippen LogP contribution in [0.5, 0.6) is 0 Å². The fraction of sp³-hybridized carbons (Fsp3) is 0.143. The van der Waals surface area contributed by atoms with Crippen molar-refractivity contribution < 1.29 is 21.8 Å². The van der Waals surface area contributed by atoms with Crippen molar-refractivity contribution in [3.8, 4) is 0 Å². The van der Waals surface area contributed by atoms with Crippen LogP contribution in [0.2, 0.25) is 0 Å². The van der Waals surface area contributed by atoms with E-state index in [0.29, 0.717) is 5.56 Å². The molecule has 112 valence electrons. The Morgan fingerprint density at radius 3 is 2.38 bits per heavy atom. The van der Waals surface area contributed by atoms with Gasteiger partial charge in [-0.1, -0.05) is 12.1 Å². The highest BCUT2D eigenvalue weighted by molar-refractivity contribution is 7.84. The Morgan fingerprint density at radius 2 is 1.81 bits per heavy atom. The summed E-state index contributed by atoms with van der Waals surface area (Å²) in [7, 11) is -1.65. The molecular weight excluding hydrogens is 306 g/mol. The zero-order valence-electron chi connectivity index (χ0n) is 10.7. The molecule has 2 N–H and O–H groups in total. The van der Waals surface area contributed by atoms with Crippen molar-refractivity contribution in [3.63, 3.8) is 0 Å². The first-order valence-electron chi connectivity index (χ1n) is 5.87. The van der Waals surface area contributed by atoms with Crippen LogP contribution < -0.4 is 5.73 Å². The van der Waals surface area contributed by atoms with Crippen LogP contribution in [0.1, 0.15) is 11.1 Å². The van der Waals surface area contributed by atoms with Crippen molar-refractivity contribution >= 4 is 16.5 Å². The molecule has 0 fully saturated rings. The molecule has 0 bridgehead atoms. The number of halogens is 4. The summed E-state index contributed by atoms with van der Waals surface area (Å²) in [6, 6.07) is 8.19. The largest absolute Gasteiger partial charge is 0.416 e. The molecule has 2 aromatic rings. The van der Waals surface area contributed by atoms with Gasteiger partial charge in [-0.2, -0.15) is 13.2 Å². The lowest BCUT2D eigenvalue weighted by Crippen LogP contribution is -2.08. The number of nitrogen functional groups attached to an aromatic ring is 1. The van der Waals surface area contributed by atoms with E-state index >= 15 is 0 Å². The number of hydrogen-bond donors (Lipinski definition) is 1. The highest BCUT2D eigenvalue weighted by Crippen LogP contribution is 2.32. The highest BCUT2D eigenvalue weighted by atomic mass is 32.2. The molecule has 2 rings (SSSR count). The molecule has 0 heterocycles. The Kier molecular flexibility index (Phi) is 4.32. The lowest BCUT2D eigenvalue weighted by atomic mass is 10.2. The summed E-state index contributed by atoms with van der Waals surface area (Å²) in [4.78, 5) is 0.104. The van der Waals surface area contributed by atoms with Gasteiger partial charge in [0.25, 0.3) is 0 Å². The van der Waals surface area contributed by atoms with E-state index < -0.39 is 28.4 Å². The Balaban J connectivity index is 2.24. The van der Waals surface area contributed by atoms with Crippen LogP contribution in [0.4, 0.5) is 23.2 Å². The Labute approximate surface area is 121 Å². The molecule has 0 aliphatic rings. The molecule has 2 nitrogen and oxygen atoms in total. The van der Waals surface area contributed by atoms with Crippen molar-refractivity contribution in [1.29, 1.82) is 0 Å². The standard InChI is InChI=1S/C14H11F4NOS/c15-11-3-1-2-9(6-11)8-21(20)13-5-4-10(7-12(13)19)14(16,17)18/h1-7H,8,19H2. The van der Waals surface area contributed by atoms with Crippen LogP contribution in [-0.4, -0.2) is 4.21 Å². The summed E-state index contributed by atoms with van der Waals surface area (Å²) in [5.74, 6) is -0.488. The van der Waals surface area contributed by atoms with Gasteiger partial charge in [-0.3, -0.25) is 4.21 Å². The van der Waals surface area contributed by atoms with Crippen molar-refractivity contribution in [3.05, 3.63) is 59.4 Å². The second kappa shape index (κ2) is 5.85. The summed E-state index contributed by atoms with van der Waals surface area (Å²) in [5.41, 5.74) is 4.92. The second-order valence-corrected chi connectivity index (χ2v) is 5.79. The Morgan fingerprint density at radius 1 is 1.10 bits per heavy atom. The minimum Gasteiger partial charge on any atom is -0.398 e. The first-order chi connectivity index (χ1) is 9.77. The molecule has 0 spiro atoms. The molecule has 1 atom stereocenters. The summed E-state index contributed by atoms with van der Waals surface area (Å²) in [5, 5.41) is 0. The van der Waals surface area contributed by atoms with E-state index in [-0.39, 0.29) is 16.3 Å². The van der Waals surface area contributed by atoms with E-state index in [0.717, 1.165) is 18.2 Å². The van der Waals surface area contributed by atoms with Gasteiger partial charge >= 0.3 is 6.18 Å². The lowest BCUT2D eigenvalue weighted by molar-refractivity contribution is -0.137. The number of benzene rings is 2. The molecule has 0 amide bonds. The van der Waals surface area contributed by atoms with Crippen LogP contribution in [-0.2, 0) is 22.7 Å². The number of hydrogen-bond acceptors (Lipinski definition) is 2. The predicted octanol–water partition coefficient (Wildman–Crippen LogP) is 3.73. The quantitative estimate of drug-likeness (QED) is 0.692. The SMILES string of the molecule is Nc1cc(C(F)(F)F)ccc1S(=O)Cc1cccc(F)c1. The van der Waals surface area contributed by atoms with Crippen molar-refractivity contribution in [1.82, 2.24) is 0 Å². The van der Waals surface area contributed by atoms with Crippen LogP contribution in [0.25, 0.3) is 0 Å². The van der Waals surface area contributed by atoms with E-state index in [4.69, 9.17) is 5.73 Å². The molecule has 2 aromatic carbocycles. The third kappa shape index (κ3) is 3.81. The topological polar surface area (TPSA) is 43.1 Å². The summed E-state index contributed by atoms with van der Waals surface area (Å²) >= 11 is 0. The molecular formula is C14H11F4NOS. The minimum absolute atomic E-state index is 0.0205. The van der Waals surface area contributed by atoms with Crippen LogP contribution in [0, 0.1) is 5.82 Å². The number of rotatable bonds is 3. The second-order valence-electron chi connectivity index (χ2n) is 4.37. The number of alkyl halides is 3. The van der Waals surface area contributed by atoms with E-state index in [2.05, 4.69) is 0 Å². The van der Waals surface area contributed by atoms with Gasteiger partial charge in [-0.05, 0) is 35.9 Å². The zero-order chi connectivity index (χ0) is 15.6. The molecule has 0 saturated heterocycles. The third-order valence-corrected chi connectivity index (χ3v) is 4.23. The van der Waals surface area contributed by atoms with E-state index in [9.17, 15) is 21.8 Å². The molecule has 0 aliphatic carbocycles. The highest BCUT2D eigenvalue weighted by Gasteiger charge is 2.31. The van der Waals surface area contributed by atoms with Crippen LogP contribution >= 0.6 is 0 Å². The lowest BCUT2D eigenvalue weighted by Gasteiger charge is -2.10. The number of anilines is 1. The van der Waals surface area contributed by atoms with Gasteiger partial charge in [0.15, 0.2) is 0 Å². The van der Waals surface area contributed by atoms with Crippen molar-refractivity contribution in [2.24, 2.45) is 0 Å². The maximum Gasteiger partial charge on any atom is 0.416 e. The zero-order valence-corrected chi connectivity index (χ0v) is 11.5. The minimum atomic E-state index is -4.50. The van der Waals surface area contributed by atoms with Gasteiger partial charge in [-0.25, -0.2) is 4.39 Å². The fourth-order valence-corrected chi connectivity index (χ4v) is 2.97. The van der Waals surface area contributed by atoms with Crippen molar-refractivity contribution in [2.45, 2.75) is 16.8 Å². The monoisotopic (exact) mass is 317 g/mol. The van der Waals surface area contributed by atoms with Crippen LogP contribution in [0.15, 0.2) is 47.4 Å². The van der Waals surface area contributed by atoms with Crippen LogP contribution in [0.3, 0.4) is 0 Å². The Bertz CT molecular complexity index is 685. The smallest absolute Gasteiger partial charge is 0.398 e. The van der Waals surface area contributed by atoms with E-state index in [1.165, 1.54) is 18.2 Å². The first kappa shape index (κ1) is 15.5. The summed E-state index contributed by atoms with van der Waals surface area (Å²) < 4.78 is 62.7. The van der Waals surface area contributed by atoms with Gasteiger partial charge < -0.3 is 5.73 Å². The first-order valence-corrected chi connectivity index (χ1v) is 7.19. The third-order valence-electron chi connectivity index (χ3n) is 2.77. The normalized spacial score (nSPS) is 13.1. The molecule has 7 heteroatoms. The van der Waals surface area contributed by atoms with Gasteiger partial charge in [0.1, 0.15) is 5.82 Å². The van der Waals surface area contributed by atoms with Gasteiger partial charge in [0.2, 0.25) is 0 Å². The summed E-state index contributed by atoms with van der Waals surface area (Å²) in [6.45, 7) is 0. The maximum atomic E-state index is 13.0. The molecule has 0 saturated carbocycles. The van der Waals surface area contributed by atoms with Gasteiger partial charge in [-0.15, -0.1) is 0 Å².